The number of nitrogens with zero attached hydrogens (tertiary/aromatic N) is 1. The topological polar surface area (TPSA) is 35.8 Å². The van der Waals surface area contributed by atoms with E-state index in [0.717, 1.165) is 0 Å². The Bertz CT molecular complexity index is 590. The van der Waals surface area contributed by atoms with Gasteiger partial charge in [-0.3, -0.25) is 0 Å². The van der Waals surface area contributed by atoms with Crippen molar-refractivity contribution in [3.05, 3.63) is 58.9 Å². The Morgan fingerprint density at radius 1 is 1.18 bits per heavy atom. The number of hydrogen-bond acceptors (Lipinski definition) is 2. The monoisotopic (exact) mass is 246 g/mol. The molecule has 2 rings (SSSR count). The molecule has 0 aromatic heterocycles. The lowest BCUT2D eigenvalue weighted by Gasteiger charge is -2.08. The summed E-state index contributed by atoms with van der Waals surface area (Å²) < 4.78 is 13.5. The number of benzene rings is 2. The Balaban J connectivity index is 2.31. The lowest BCUT2D eigenvalue weighted by Crippen LogP contribution is -1.94. The van der Waals surface area contributed by atoms with Gasteiger partial charge < -0.3 is 5.32 Å². The van der Waals surface area contributed by atoms with Crippen molar-refractivity contribution in [2.75, 3.05) is 5.32 Å². The van der Waals surface area contributed by atoms with E-state index in [2.05, 4.69) is 5.32 Å². The maximum absolute atomic E-state index is 13.5. The molecular formula is C13H8ClFN2. The van der Waals surface area contributed by atoms with E-state index in [4.69, 9.17) is 16.9 Å². The summed E-state index contributed by atoms with van der Waals surface area (Å²) in [5.74, 6) is -0.392. The fourth-order valence-corrected chi connectivity index (χ4v) is 1.59. The summed E-state index contributed by atoms with van der Waals surface area (Å²) in [6.07, 6.45) is 0. The van der Waals surface area contributed by atoms with Crippen LogP contribution >= 0.6 is 11.6 Å². The first-order valence-electron chi connectivity index (χ1n) is 4.91. The number of halogens is 2. The molecule has 2 aromatic rings. The van der Waals surface area contributed by atoms with Crippen LogP contribution in [0.15, 0.2) is 42.5 Å². The van der Waals surface area contributed by atoms with Gasteiger partial charge in [-0.25, -0.2) is 4.39 Å². The minimum absolute atomic E-state index is 0.285. The Morgan fingerprint density at radius 2 is 2.00 bits per heavy atom. The first kappa shape index (κ1) is 11.4. The van der Waals surface area contributed by atoms with Crippen LogP contribution in [0.1, 0.15) is 5.56 Å². The maximum Gasteiger partial charge on any atom is 0.146 e. The van der Waals surface area contributed by atoms with Gasteiger partial charge in [0.2, 0.25) is 0 Å². The fourth-order valence-electron chi connectivity index (χ4n) is 1.42. The summed E-state index contributed by atoms with van der Waals surface area (Å²) in [6.45, 7) is 0. The molecule has 2 aromatic carbocycles. The molecule has 0 bridgehead atoms. The second-order valence-corrected chi connectivity index (χ2v) is 3.88. The van der Waals surface area contributed by atoms with Crippen LogP contribution in [-0.2, 0) is 0 Å². The lowest BCUT2D eigenvalue weighted by molar-refractivity contribution is 0.632. The number of anilines is 2. The second kappa shape index (κ2) is 4.86. The minimum Gasteiger partial charge on any atom is -0.353 e. The predicted molar refractivity (Wildman–Crippen MR) is 65.8 cm³/mol. The molecule has 0 aliphatic heterocycles. The van der Waals surface area contributed by atoms with Gasteiger partial charge in [-0.15, -0.1) is 0 Å². The van der Waals surface area contributed by atoms with Crippen molar-refractivity contribution in [3.63, 3.8) is 0 Å². The Kier molecular flexibility index (Phi) is 3.27. The normalized spacial score (nSPS) is 9.71. The summed E-state index contributed by atoms with van der Waals surface area (Å²) in [5, 5.41) is 12.1. The number of nitriles is 1. The molecule has 1 N–H and O–H groups in total. The number of nitrogens with one attached hydrogen (secondary N) is 1. The van der Waals surface area contributed by atoms with Gasteiger partial charge in [-0.2, -0.15) is 5.26 Å². The van der Waals surface area contributed by atoms with E-state index in [1.54, 1.807) is 24.3 Å². The molecule has 0 amide bonds. The molecule has 4 heteroatoms. The van der Waals surface area contributed by atoms with E-state index in [1.807, 2.05) is 6.07 Å². The van der Waals surface area contributed by atoms with Crippen LogP contribution in [0.4, 0.5) is 15.8 Å². The zero-order valence-electron chi connectivity index (χ0n) is 8.74. The summed E-state index contributed by atoms with van der Waals surface area (Å²) in [7, 11) is 0. The Labute approximate surface area is 103 Å². The second-order valence-electron chi connectivity index (χ2n) is 3.44. The first-order chi connectivity index (χ1) is 8.19. The van der Waals surface area contributed by atoms with Crippen molar-refractivity contribution >= 4 is 23.0 Å². The first-order valence-corrected chi connectivity index (χ1v) is 5.29. The molecule has 0 radical (unpaired) electrons. The highest BCUT2D eigenvalue weighted by molar-refractivity contribution is 6.30. The largest absolute Gasteiger partial charge is 0.353 e. The zero-order valence-corrected chi connectivity index (χ0v) is 9.50. The van der Waals surface area contributed by atoms with Gasteiger partial charge in [0.05, 0.1) is 17.3 Å². The highest BCUT2D eigenvalue weighted by atomic mass is 35.5. The standard InChI is InChI=1S/C13H8ClFN2/c14-10-4-5-12(15)13(7-10)17-11-3-1-2-9(6-11)8-16/h1-7,17H. The van der Waals surface area contributed by atoms with Crippen LogP contribution in [0.2, 0.25) is 5.02 Å². The van der Waals surface area contributed by atoms with E-state index in [0.29, 0.717) is 16.3 Å². The molecule has 0 saturated heterocycles. The maximum atomic E-state index is 13.5. The SMILES string of the molecule is N#Cc1cccc(Nc2cc(Cl)ccc2F)c1. The average Bonchev–Trinajstić information content (AvgIpc) is 2.34. The molecule has 84 valence electrons. The molecule has 0 fully saturated rings. The van der Waals surface area contributed by atoms with Crippen molar-refractivity contribution in [2.45, 2.75) is 0 Å². The van der Waals surface area contributed by atoms with Crippen molar-refractivity contribution in [3.8, 4) is 6.07 Å². The van der Waals surface area contributed by atoms with E-state index in [-0.39, 0.29) is 5.69 Å². The van der Waals surface area contributed by atoms with Gasteiger partial charge in [0.25, 0.3) is 0 Å². The molecule has 0 aliphatic rings. The summed E-state index contributed by atoms with van der Waals surface area (Å²) in [6, 6.07) is 13.1. The van der Waals surface area contributed by atoms with Gasteiger partial charge in [-0.05, 0) is 36.4 Å². The number of rotatable bonds is 2. The third-order valence-electron chi connectivity index (χ3n) is 2.20. The van der Waals surface area contributed by atoms with Gasteiger partial charge >= 0.3 is 0 Å². The van der Waals surface area contributed by atoms with Crippen LogP contribution in [-0.4, -0.2) is 0 Å². The average molecular weight is 247 g/mol. The van der Waals surface area contributed by atoms with E-state index >= 15 is 0 Å². The molecule has 0 heterocycles. The van der Waals surface area contributed by atoms with Crippen molar-refractivity contribution in [1.82, 2.24) is 0 Å². The molecular weight excluding hydrogens is 239 g/mol. The Morgan fingerprint density at radius 3 is 2.76 bits per heavy atom. The smallest absolute Gasteiger partial charge is 0.146 e. The molecule has 0 atom stereocenters. The van der Waals surface area contributed by atoms with Crippen LogP contribution in [0.5, 0.6) is 0 Å². The quantitative estimate of drug-likeness (QED) is 0.866. The Hall–Kier alpha value is -2.05. The zero-order chi connectivity index (χ0) is 12.3. The van der Waals surface area contributed by atoms with Crippen molar-refractivity contribution < 1.29 is 4.39 Å². The van der Waals surface area contributed by atoms with Crippen LogP contribution < -0.4 is 5.32 Å². The summed E-state index contributed by atoms with van der Waals surface area (Å²) in [4.78, 5) is 0. The highest BCUT2D eigenvalue weighted by Gasteiger charge is 2.03. The van der Waals surface area contributed by atoms with Gasteiger partial charge in [-0.1, -0.05) is 17.7 Å². The fraction of sp³-hybridized carbons (Fsp3) is 0. The van der Waals surface area contributed by atoms with Crippen LogP contribution in [0.3, 0.4) is 0 Å². The van der Waals surface area contributed by atoms with Crippen LogP contribution in [0.25, 0.3) is 0 Å². The van der Waals surface area contributed by atoms with Crippen molar-refractivity contribution in [2.24, 2.45) is 0 Å². The van der Waals surface area contributed by atoms with E-state index in [1.165, 1.54) is 18.2 Å². The van der Waals surface area contributed by atoms with Crippen LogP contribution in [0, 0.1) is 17.1 Å². The van der Waals surface area contributed by atoms with Gasteiger partial charge in [0.15, 0.2) is 0 Å². The molecule has 0 aliphatic carbocycles. The summed E-state index contributed by atoms with van der Waals surface area (Å²) in [5.41, 5.74) is 1.44. The van der Waals surface area contributed by atoms with Crippen molar-refractivity contribution in [1.29, 1.82) is 5.26 Å². The summed E-state index contributed by atoms with van der Waals surface area (Å²) >= 11 is 5.78. The molecule has 0 unspecified atom stereocenters. The predicted octanol–water partition coefficient (Wildman–Crippen LogP) is 4.09. The van der Waals surface area contributed by atoms with E-state index in [9.17, 15) is 4.39 Å². The van der Waals surface area contributed by atoms with E-state index < -0.39 is 5.82 Å². The lowest BCUT2D eigenvalue weighted by atomic mass is 10.2. The molecule has 2 nitrogen and oxygen atoms in total. The molecule has 17 heavy (non-hydrogen) atoms. The third-order valence-corrected chi connectivity index (χ3v) is 2.43. The third kappa shape index (κ3) is 2.74. The van der Waals surface area contributed by atoms with Gasteiger partial charge in [0.1, 0.15) is 5.82 Å². The number of hydrogen-bond donors (Lipinski definition) is 1. The molecule has 0 spiro atoms. The minimum atomic E-state index is -0.392. The molecule has 0 saturated carbocycles. The van der Waals surface area contributed by atoms with Gasteiger partial charge in [0, 0.05) is 10.7 Å². The highest BCUT2D eigenvalue weighted by Crippen LogP contribution is 2.23.